The van der Waals surface area contributed by atoms with Crippen molar-refractivity contribution in [2.45, 2.75) is 25.6 Å². The van der Waals surface area contributed by atoms with Crippen LogP contribution in [0.4, 0.5) is 0 Å². The number of amides is 1. The number of benzene rings is 2. The van der Waals surface area contributed by atoms with Gasteiger partial charge >= 0.3 is 0 Å². The lowest BCUT2D eigenvalue weighted by Crippen LogP contribution is -2.23. The van der Waals surface area contributed by atoms with Crippen LogP contribution in [0.25, 0.3) is 0 Å². The minimum atomic E-state index is 0.0770. The lowest BCUT2D eigenvalue weighted by molar-refractivity contribution is -0.120. The Balaban J connectivity index is 1.68. The van der Waals surface area contributed by atoms with Gasteiger partial charge in [0, 0.05) is 30.0 Å². The third-order valence-corrected chi connectivity index (χ3v) is 4.67. The summed E-state index contributed by atoms with van der Waals surface area (Å²) in [6.45, 7) is 2.63. The highest BCUT2D eigenvalue weighted by Crippen LogP contribution is 2.18. The van der Waals surface area contributed by atoms with Crippen molar-refractivity contribution in [3.63, 3.8) is 0 Å². The van der Waals surface area contributed by atoms with Crippen molar-refractivity contribution in [2.75, 3.05) is 12.9 Å². The summed E-state index contributed by atoms with van der Waals surface area (Å²) in [6.07, 6.45) is 0.533. The third-order valence-electron chi connectivity index (χ3n) is 3.66. The number of nitrogens with one attached hydrogen (secondary N) is 1. The highest BCUT2D eigenvalue weighted by Gasteiger charge is 2.05. The molecule has 0 saturated heterocycles. The fourth-order valence-corrected chi connectivity index (χ4v) is 3.27. The molecule has 3 nitrogen and oxygen atoms in total. The quantitative estimate of drug-likeness (QED) is 0.746. The number of hydrogen-bond donors (Lipinski definition) is 1. The van der Waals surface area contributed by atoms with E-state index in [0.29, 0.717) is 13.0 Å². The van der Waals surface area contributed by atoms with E-state index in [-0.39, 0.29) is 5.91 Å². The van der Waals surface area contributed by atoms with E-state index in [1.54, 1.807) is 18.9 Å². The van der Waals surface area contributed by atoms with Crippen molar-refractivity contribution in [2.24, 2.45) is 0 Å². The predicted octanol–water partition coefficient (Wildman–Crippen LogP) is 3.94. The zero-order valence-corrected chi connectivity index (χ0v) is 14.5. The van der Waals surface area contributed by atoms with Crippen LogP contribution in [0.2, 0.25) is 0 Å². The zero-order chi connectivity index (χ0) is 16.5. The smallest absolute Gasteiger partial charge is 0.221 e. The second-order valence-corrected chi connectivity index (χ2v) is 6.42. The molecule has 0 aromatic heterocycles. The van der Waals surface area contributed by atoms with Gasteiger partial charge in [0.1, 0.15) is 5.75 Å². The Labute approximate surface area is 142 Å². The third kappa shape index (κ3) is 5.64. The predicted molar refractivity (Wildman–Crippen MR) is 96.8 cm³/mol. The number of hydrogen-bond acceptors (Lipinski definition) is 3. The number of methoxy groups -OCH3 is 1. The van der Waals surface area contributed by atoms with Crippen LogP contribution in [0.5, 0.6) is 5.75 Å². The fraction of sp³-hybridized carbons (Fsp3) is 0.316. The number of thioether (sulfide) groups is 1. The summed E-state index contributed by atoms with van der Waals surface area (Å²) in [5, 5.41) is 2.95. The van der Waals surface area contributed by atoms with Crippen LogP contribution < -0.4 is 10.1 Å². The van der Waals surface area contributed by atoms with Gasteiger partial charge in [0.2, 0.25) is 5.91 Å². The molecule has 2 aromatic carbocycles. The maximum absolute atomic E-state index is 11.9. The average Bonchev–Trinajstić information content (AvgIpc) is 2.58. The van der Waals surface area contributed by atoms with Crippen molar-refractivity contribution < 1.29 is 9.53 Å². The second-order valence-electron chi connectivity index (χ2n) is 5.32. The molecule has 4 heteroatoms. The molecular weight excluding hydrogens is 306 g/mol. The van der Waals surface area contributed by atoms with Crippen LogP contribution >= 0.6 is 11.8 Å². The van der Waals surface area contributed by atoms with E-state index in [1.807, 2.05) is 24.3 Å². The van der Waals surface area contributed by atoms with E-state index in [2.05, 4.69) is 36.5 Å². The number of carbonyl (C=O) groups excluding carboxylic acids is 1. The molecule has 0 saturated carbocycles. The molecule has 0 aliphatic heterocycles. The molecule has 0 aliphatic rings. The highest BCUT2D eigenvalue weighted by molar-refractivity contribution is 7.98. The Morgan fingerprint density at radius 2 is 1.78 bits per heavy atom. The number of para-hydroxylation sites is 1. The molecule has 0 spiro atoms. The number of ether oxygens (including phenoxy) is 1. The van der Waals surface area contributed by atoms with Crippen molar-refractivity contribution in [3.05, 3.63) is 65.2 Å². The number of aryl methyl sites for hydroxylation is 1. The number of rotatable bonds is 8. The molecule has 0 atom stereocenters. The van der Waals surface area contributed by atoms with Crippen LogP contribution in [0.1, 0.15) is 23.1 Å². The molecule has 1 N–H and O–H groups in total. The first-order chi connectivity index (χ1) is 11.2. The maximum Gasteiger partial charge on any atom is 0.221 e. The zero-order valence-electron chi connectivity index (χ0n) is 13.7. The molecule has 0 radical (unpaired) electrons. The summed E-state index contributed by atoms with van der Waals surface area (Å²) in [6, 6.07) is 16.1. The van der Waals surface area contributed by atoms with Gasteiger partial charge in [-0.05, 0) is 24.1 Å². The van der Waals surface area contributed by atoms with Crippen molar-refractivity contribution in [1.82, 2.24) is 5.32 Å². The summed E-state index contributed by atoms with van der Waals surface area (Å²) < 4.78 is 5.28. The molecule has 23 heavy (non-hydrogen) atoms. The Bertz CT molecular complexity index is 643. The van der Waals surface area contributed by atoms with Crippen LogP contribution in [0, 0.1) is 6.92 Å². The van der Waals surface area contributed by atoms with Crippen LogP contribution in [-0.4, -0.2) is 18.8 Å². The molecule has 2 aromatic rings. The molecule has 122 valence electrons. The highest BCUT2D eigenvalue weighted by atomic mass is 32.2. The summed E-state index contributed by atoms with van der Waals surface area (Å²) in [5.41, 5.74) is 3.64. The monoisotopic (exact) mass is 329 g/mol. The SMILES string of the molecule is COc1ccccc1CNC(=O)CCSCc1ccccc1C. The van der Waals surface area contributed by atoms with E-state index in [1.165, 1.54) is 11.1 Å². The first-order valence-electron chi connectivity index (χ1n) is 7.71. The second kappa shape index (κ2) is 9.26. The van der Waals surface area contributed by atoms with E-state index in [4.69, 9.17) is 4.74 Å². The summed E-state index contributed by atoms with van der Waals surface area (Å²) >= 11 is 1.79. The standard InChI is InChI=1S/C19H23NO2S/c1-15-7-3-4-9-17(15)14-23-12-11-19(21)20-13-16-8-5-6-10-18(16)22-2/h3-10H,11-14H2,1-2H3,(H,20,21). The van der Waals surface area contributed by atoms with Gasteiger partial charge in [-0.3, -0.25) is 4.79 Å². The van der Waals surface area contributed by atoms with E-state index < -0.39 is 0 Å². The largest absolute Gasteiger partial charge is 0.496 e. The normalized spacial score (nSPS) is 10.3. The molecule has 0 unspecified atom stereocenters. The lowest BCUT2D eigenvalue weighted by atomic mass is 10.1. The Morgan fingerprint density at radius 3 is 2.52 bits per heavy atom. The minimum Gasteiger partial charge on any atom is -0.496 e. The topological polar surface area (TPSA) is 38.3 Å². The van der Waals surface area contributed by atoms with Gasteiger partial charge < -0.3 is 10.1 Å². The summed E-state index contributed by atoms with van der Waals surface area (Å²) in [4.78, 5) is 11.9. The van der Waals surface area contributed by atoms with Gasteiger partial charge in [0.25, 0.3) is 0 Å². The number of carbonyl (C=O) groups is 1. The van der Waals surface area contributed by atoms with E-state index >= 15 is 0 Å². The van der Waals surface area contributed by atoms with Crippen LogP contribution in [-0.2, 0) is 17.1 Å². The first kappa shape index (κ1) is 17.4. The molecule has 2 rings (SSSR count). The Morgan fingerprint density at radius 1 is 1.09 bits per heavy atom. The Hall–Kier alpha value is -1.94. The van der Waals surface area contributed by atoms with Gasteiger partial charge in [-0.25, -0.2) is 0 Å². The maximum atomic E-state index is 11.9. The summed E-state index contributed by atoms with van der Waals surface area (Å²) in [5.74, 6) is 2.66. The van der Waals surface area contributed by atoms with Gasteiger partial charge in [0.15, 0.2) is 0 Å². The molecule has 0 heterocycles. The molecule has 0 aliphatic carbocycles. The summed E-state index contributed by atoms with van der Waals surface area (Å²) in [7, 11) is 1.64. The van der Waals surface area contributed by atoms with Crippen LogP contribution in [0.15, 0.2) is 48.5 Å². The van der Waals surface area contributed by atoms with Crippen molar-refractivity contribution >= 4 is 17.7 Å². The Kier molecular flexibility index (Phi) is 7.01. The average molecular weight is 329 g/mol. The lowest BCUT2D eigenvalue weighted by Gasteiger charge is -2.09. The van der Waals surface area contributed by atoms with Crippen molar-refractivity contribution in [3.8, 4) is 5.75 Å². The fourth-order valence-electron chi connectivity index (χ4n) is 2.25. The molecule has 1 amide bonds. The van der Waals surface area contributed by atoms with E-state index in [9.17, 15) is 4.79 Å². The molecule has 0 bridgehead atoms. The molecular formula is C19H23NO2S. The first-order valence-corrected chi connectivity index (χ1v) is 8.87. The van der Waals surface area contributed by atoms with E-state index in [0.717, 1.165) is 22.8 Å². The van der Waals surface area contributed by atoms with Gasteiger partial charge in [-0.1, -0.05) is 42.5 Å². The van der Waals surface area contributed by atoms with Gasteiger partial charge in [-0.2, -0.15) is 11.8 Å². The molecule has 0 fully saturated rings. The van der Waals surface area contributed by atoms with Crippen molar-refractivity contribution in [1.29, 1.82) is 0 Å². The van der Waals surface area contributed by atoms with Gasteiger partial charge in [0.05, 0.1) is 7.11 Å². The minimum absolute atomic E-state index is 0.0770. The van der Waals surface area contributed by atoms with Gasteiger partial charge in [-0.15, -0.1) is 0 Å². The van der Waals surface area contributed by atoms with Crippen LogP contribution in [0.3, 0.4) is 0 Å².